The number of nitrogens with one attached hydrogen (secondary N) is 1. The van der Waals surface area contributed by atoms with Gasteiger partial charge in [-0.15, -0.1) is 0 Å². The number of amides is 1. The highest BCUT2D eigenvalue weighted by Crippen LogP contribution is 2.36. The van der Waals surface area contributed by atoms with Gasteiger partial charge in [0, 0.05) is 24.6 Å². The van der Waals surface area contributed by atoms with E-state index in [1.807, 2.05) is 79.7 Å². The van der Waals surface area contributed by atoms with Crippen LogP contribution < -0.4 is 10.1 Å². The summed E-state index contributed by atoms with van der Waals surface area (Å²) in [5, 5.41) is 13.8. The Morgan fingerprint density at radius 2 is 1.68 bits per heavy atom. The molecule has 0 radical (unpaired) electrons. The summed E-state index contributed by atoms with van der Waals surface area (Å²) < 4.78 is 6.24. The Kier molecular flexibility index (Phi) is 7.56. The lowest BCUT2D eigenvalue weighted by atomic mass is 9.90. The number of fused-ring (bicyclic) bond motifs is 1. The van der Waals surface area contributed by atoms with Crippen LogP contribution in [0.15, 0.2) is 72.8 Å². The zero-order valence-corrected chi connectivity index (χ0v) is 21.2. The van der Waals surface area contributed by atoms with E-state index in [1.165, 1.54) is 0 Å². The van der Waals surface area contributed by atoms with Gasteiger partial charge in [-0.1, -0.05) is 85.6 Å². The quantitative estimate of drug-likeness (QED) is 0.447. The first-order chi connectivity index (χ1) is 18.0. The molecule has 2 N–H and O–H groups in total. The average molecular weight is 499 g/mol. The van der Waals surface area contributed by atoms with Crippen molar-refractivity contribution < 1.29 is 19.4 Å². The largest absolute Gasteiger partial charge is 0.488 e. The molecule has 5 rings (SSSR count). The molecule has 37 heavy (non-hydrogen) atoms. The highest BCUT2D eigenvalue weighted by atomic mass is 16.5. The van der Waals surface area contributed by atoms with E-state index in [0.29, 0.717) is 6.61 Å². The molecule has 192 valence electrons. The summed E-state index contributed by atoms with van der Waals surface area (Å²) >= 11 is 0. The minimum absolute atomic E-state index is 0.191. The fourth-order valence-corrected chi connectivity index (χ4v) is 5.59. The summed E-state index contributed by atoms with van der Waals surface area (Å²) in [6.45, 7) is 2.62. The molecule has 0 saturated heterocycles. The van der Waals surface area contributed by atoms with E-state index in [4.69, 9.17) is 4.74 Å². The monoisotopic (exact) mass is 498 g/mol. The summed E-state index contributed by atoms with van der Waals surface area (Å²) in [6, 6.07) is 22.3. The molecule has 0 bridgehead atoms. The van der Waals surface area contributed by atoms with Crippen molar-refractivity contribution in [1.82, 2.24) is 10.2 Å². The van der Waals surface area contributed by atoms with E-state index in [1.54, 1.807) is 4.90 Å². The maximum atomic E-state index is 14.0. The van der Waals surface area contributed by atoms with Crippen LogP contribution in [0.5, 0.6) is 5.75 Å². The summed E-state index contributed by atoms with van der Waals surface area (Å²) in [7, 11) is 0. The van der Waals surface area contributed by atoms with Crippen molar-refractivity contribution in [3.8, 4) is 5.75 Å². The molecule has 6 nitrogen and oxygen atoms in total. The van der Waals surface area contributed by atoms with Gasteiger partial charge in [-0.3, -0.25) is 10.1 Å². The van der Waals surface area contributed by atoms with Crippen molar-refractivity contribution in [3.05, 3.63) is 101 Å². The Labute approximate surface area is 218 Å². The number of hydrogen-bond donors (Lipinski definition) is 2. The minimum Gasteiger partial charge on any atom is -0.488 e. The Balaban J connectivity index is 1.44. The first-order valence-electron chi connectivity index (χ1n) is 13.1. The first-order valence-corrected chi connectivity index (χ1v) is 13.1. The zero-order chi connectivity index (χ0) is 25.8. The number of benzene rings is 3. The molecule has 3 aromatic carbocycles. The number of rotatable bonds is 8. The molecule has 2 atom stereocenters. The Hall–Kier alpha value is -3.64. The van der Waals surface area contributed by atoms with Gasteiger partial charge < -0.3 is 14.7 Å². The lowest BCUT2D eigenvalue weighted by molar-refractivity contribution is -0.152. The molecule has 1 heterocycles. The normalized spacial score (nSPS) is 18.3. The fraction of sp³-hybridized carbons (Fsp3) is 0.355. The van der Waals surface area contributed by atoms with Crippen molar-refractivity contribution in [3.63, 3.8) is 0 Å². The lowest BCUT2D eigenvalue weighted by Crippen LogP contribution is -2.53. The number of carbonyl (C=O) groups excluding carboxylic acids is 1. The van der Waals surface area contributed by atoms with Crippen molar-refractivity contribution in [2.45, 2.75) is 70.3 Å². The van der Waals surface area contributed by atoms with Crippen molar-refractivity contribution in [2.24, 2.45) is 0 Å². The van der Waals surface area contributed by atoms with Gasteiger partial charge >= 0.3 is 5.97 Å². The van der Waals surface area contributed by atoms with Crippen LogP contribution in [0.4, 0.5) is 0 Å². The van der Waals surface area contributed by atoms with Gasteiger partial charge in [0.05, 0.1) is 0 Å². The number of ether oxygens (including phenoxy) is 1. The maximum absolute atomic E-state index is 14.0. The average Bonchev–Trinajstić information content (AvgIpc) is 3.44. The van der Waals surface area contributed by atoms with Crippen LogP contribution in [-0.4, -0.2) is 34.0 Å². The van der Waals surface area contributed by atoms with Gasteiger partial charge in [0.25, 0.3) is 0 Å². The van der Waals surface area contributed by atoms with E-state index < -0.39 is 18.1 Å². The molecular formula is C31H34N2O4. The number of aliphatic carboxylic acids is 1. The molecule has 1 saturated carbocycles. The molecule has 1 aliphatic heterocycles. The smallest absolute Gasteiger partial charge is 0.326 e. The maximum Gasteiger partial charge on any atom is 0.326 e. The van der Waals surface area contributed by atoms with Crippen LogP contribution in [-0.2, 0) is 29.2 Å². The third-order valence-electron chi connectivity index (χ3n) is 7.60. The SMILES string of the molecule is Cc1ccc2c(c1OCc1ccccc1)C[C@H](C(=O)O)N(C(=O)[C@H](NC1CCCC1)c1ccccc1)C2. The van der Waals surface area contributed by atoms with Gasteiger partial charge in [0.15, 0.2) is 0 Å². The Bertz CT molecular complexity index is 1240. The standard InChI is InChI=1S/C31H34N2O4/c1-21-16-17-24-19-33(30(34)28(23-12-6-3-7-13-23)32-25-14-8-9-15-25)27(31(35)36)18-26(24)29(21)37-20-22-10-4-2-5-11-22/h2-7,10-13,16-17,25,27-28,32H,8-9,14-15,18-20H2,1H3,(H,35,36)/t27-,28-/m1/s1. The highest BCUT2D eigenvalue weighted by molar-refractivity contribution is 5.89. The van der Waals surface area contributed by atoms with E-state index in [0.717, 1.165) is 59.3 Å². The molecule has 1 amide bonds. The molecule has 0 aromatic heterocycles. The summed E-state index contributed by atoms with van der Waals surface area (Å²) in [4.78, 5) is 28.1. The van der Waals surface area contributed by atoms with Crippen molar-refractivity contribution in [2.75, 3.05) is 0 Å². The number of carboxylic acid groups (broad SMARTS) is 1. The Morgan fingerprint density at radius 3 is 2.35 bits per heavy atom. The molecule has 0 unspecified atom stereocenters. The van der Waals surface area contributed by atoms with Crippen LogP contribution in [0.1, 0.15) is 59.5 Å². The zero-order valence-electron chi connectivity index (χ0n) is 21.2. The summed E-state index contributed by atoms with van der Waals surface area (Å²) in [6.07, 6.45) is 4.57. The van der Waals surface area contributed by atoms with E-state index >= 15 is 0 Å². The van der Waals surface area contributed by atoms with E-state index in [9.17, 15) is 14.7 Å². The number of carbonyl (C=O) groups is 2. The molecule has 3 aromatic rings. The van der Waals surface area contributed by atoms with Crippen LogP contribution in [0.25, 0.3) is 0 Å². The highest BCUT2D eigenvalue weighted by Gasteiger charge is 2.40. The van der Waals surface area contributed by atoms with Gasteiger partial charge in [0.1, 0.15) is 24.4 Å². The van der Waals surface area contributed by atoms with Crippen LogP contribution in [0, 0.1) is 6.92 Å². The topological polar surface area (TPSA) is 78.9 Å². The molecule has 1 fully saturated rings. The Morgan fingerprint density at radius 1 is 1.00 bits per heavy atom. The van der Waals surface area contributed by atoms with E-state index in [-0.39, 0.29) is 24.9 Å². The fourth-order valence-electron chi connectivity index (χ4n) is 5.59. The summed E-state index contributed by atoms with van der Waals surface area (Å²) in [5.41, 5.74) is 4.69. The molecule has 0 spiro atoms. The number of hydrogen-bond acceptors (Lipinski definition) is 4. The minimum atomic E-state index is -0.998. The van der Waals surface area contributed by atoms with Crippen molar-refractivity contribution in [1.29, 1.82) is 0 Å². The predicted octanol–water partition coefficient (Wildman–Crippen LogP) is 5.19. The van der Waals surface area contributed by atoms with Gasteiger partial charge in [-0.2, -0.15) is 0 Å². The van der Waals surface area contributed by atoms with Crippen molar-refractivity contribution >= 4 is 11.9 Å². The lowest BCUT2D eigenvalue weighted by Gasteiger charge is -2.38. The molecular weight excluding hydrogens is 464 g/mol. The van der Waals surface area contributed by atoms with Crippen LogP contribution in [0.3, 0.4) is 0 Å². The van der Waals surface area contributed by atoms with Gasteiger partial charge in [0.2, 0.25) is 5.91 Å². The third kappa shape index (κ3) is 5.54. The van der Waals surface area contributed by atoms with Gasteiger partial charge in [-0.25, -0.2) is 4.79 Å². The van der Waals surface area contributed by atoms with E-state index in [2.05, 4.69) is 5.32 Å². The second kappa shape index (κ2) is 11.2. The molecule has 2 aliphatic rings. The second-order valence-electron chi connectivity index (χ2n) is 10.1. The number of aryl methyl sites for hydroxylation is 1. The third-order valence-corrected chi connectivity index (χ3v) is 7.60. The number of nitrogens with zero attached hydrogens (tertiary/aromatic N) is 1. The molecule has 1 aliphatic carbocycles. The first kappa shape index (κ1) is 25.0. The van der Waals surface area contributed by atoms with Crippen LogP contribution in [0.2, 0.25) is 0 Å². The van der Waals surface area contributed by atoms with Gasteiger partial charge in [-0.05, 0) is 42.0 Å². The second-order valence-corrected chi connectivity index (χ2v) is 10.1. The molecule has 6 heteroatoms. The number of carboxylic acids is 1. The van der Waals surface area contributed by atoms with Crippen LogP contribution >= 0.6 is 0 Å². The predicted molar refractivity (Wildman–Crippen MR) is 142 cm³/mol. The summed E-state index contributed by atoms with van der Waals surface area (Å²) in [5.74, 6) is -0.464.